The molecule has 0 saturated heterocycles. The molecule has 4 rings (SSSR count). The first-order chi connectivity index (χ1) is 11.7. The van der Waals surface area contributed by atoms with E-state index in [1.54, 1.807) is 6.20 Å². The lowest BCUT2D eigenvalue weighted by Gasteiger charge is -2.28. The minimum atomic E-state index is 0.0973. The summed E-state index contributed by atoms with van der Waals surface area (Å²) in [6.45, 7) is 1.28. The van der Waals surface area contributed by atoms with E-state index in [0.29, 0.717) is 24.5 Å². The Morgan fingerprint density at radius 1 is 1.21 bits per heavy atom. The van der Waals surface area contributed by atoms with Gasteiger partial charge in [0.2, 0.25) is 5.91 Å². The number of nitrogens with zero attached hydrogens (tertiary/aromatic N) is 3. The highest BCUT2D eigenvalue weighted by molar-refractivity contribution is 6.31. The van der Waals surface area contributed by atoms with Crippen molar-refractivity contribution >= 4 is 28.5 Å². The van der Waals surface area contributed by atoms with Crippen LogP contribution in [0.1, 0.15) is 16.8 Å². The molecule has 0 fully saturated rings. The number of carbonyl (C=O) groups excluding carboxylic acids is 1. The first-order valence-corrected chi connectivity index (χ1v) is 8.33. The molecule has 0 N–H and O–H groups in total. The van der Waals surface area contributed by atoms with Gasteiger partial charge < -0.3 is 4.90 Å². The van der Waals surface area contributed by atoms with E-state index in [2.05, 4.69) is 16.0 Å². The van der Waals surface area contributed by atoms with Crippen molar-refractivity contribution in [2.75, 3.05) is 6.54 Å². The summed E-state index contributed by atoms with van der Waals surface area (Å²) in [5, 5.41) is 1.65. The van der Waals surface area contributed by atoms with Gasteiger partial charge in [-0.25, -0.2) is 9.97 Å². The van der Waals surface area contributed by atoms with Crippen molar-refractivity contribution in [1.82, 2.24) is 14.9 Å². The van der Waals surface area contributed by atoms with Crippen LogP contribution in [0.15, 0.2) is 48.7 Å². The molecule has 5 heteroatoms. The second-order valence-corrected chi connectivity index (χ2v) is 6.38. The number of hydrogen-bond donors (Lipinski definition) is 0. The summed E-state index contributed by atoms with van der Waals surface area (Å²) in [4.78, 5) is 23.5. The number of pyridine rings is 2. The molecule has 2 aromatic heterocycles. The van der Waals surface area contributed by atoms with Gasteiger partial charge >= 0.3 is 0 Å². The fourth-order valence-electron chi connectivity index (χ4n) is 3.09. The molecule has 3 aromatic rings. The highest BCUT2D eigenvalue weighted by atomic mass is 35.5. The molecule has 0 aliphatic carbocycles. The van der Waals surface area contributed by atoms with Gasteiger partial charge in [0.25, 0.3) is 0 Å². The molecule has 24 heavy (non-hydrogen) atoms. The molecule has 4 nitrogen and oxygen atoms in total. The normalized spacial score (nSPS) is 13.8. The van der Waals surface area contributed by atoms with Crippen molar-refractivity contribution in [3.8, 4) is 0 Å². The maximum Gasteiger partial charge on any atom is 0.227 e. The Labute approximate surface area is 145 Å². The van der Waals surface area contributed by atoms with Gasteiger partial charge in [-0.3, -0.25) is 4.79 Å². The summed E-state index contributed by atoms with van der Waals surface area (Å²) in [7, 11) is 0. The summed E-state index contributed by atoms with van der Waals surface area (Å²) in [6, 6.07) is 13.5. The van der Waals surface area contributed by atoms with Crippen LogP contribution in [-0.2, 0) is 24.2 Å². The summed E-state index contributed by atoms with van der Waals surface area (Å²) in [6.07, 6.45) is 2.84. The second kappa shape index (κ2) is 6.21. The molecule has 1 aromatic carbocycles. The third-order valence-electron chi connectivity index (χ3n) is 4.39. The van der Waals surface area contributed by atoms with Crippen LogP contribution in [0.5, 0.6) is 0 Å². The molecule has 0 saturated carbocycles. The highest BCUT2D eigenvalue weighted by Crippen LogP contribution is 2.23. The fourth-order valence-corrected chi connectivity index (χ4v) is 3.30. The molecule has 0 spiro atoms. The van der Waals surface area contributed by atoms with Crippen LogP contribution >= 0.6 is 11.6 Å². The van der Waals surface area contributed by atoms with Gasteiger partial charge in [0.05, 0.1) is 6.42 Å². The van der Waals surface area contributed by atoms with Crippen molar-refractivity contribution in [1.29, 1.82) is 0 Å². The minimum absolute atomic E-state index is 0.0973. The van der Waals surface area contributed by atoms with Crippen LogP contribution in [0.2, 0.25) is 5.02 Å². The molecule has 0 radical (unpaired) electrons. The van der Waals surface area contributed by atoms with Crippen LogP contribution in [-0.4, -0.2) is 27.3 Å². The SMILES string of the molecule is O=C(Cc1ccccc1Cl)N1CCc2nc3ncccc3cc2C1. The number of hydrogen-bond acceptors (Lipinski definition) is 3. The van der Waals surface area contributed by atoms with E-state index in [-0.39, 0.29) is 5.91 Å². The third-order valence-corrected chi connectivity index (χ3v) is 4.76. The number of benzene rings is 1. The fraction of sp³-hybridized carbons (Fsp3) is 0.211. The summed E-state index contributed by atoms with van der Waals surface area (Å²) in [5.74, 6) is 0.0973. The van der Waals surface area contributed by atoms with Crippen molar-refractivity contribution in [3.05, 3.63) is 70.5 Å². The molecular weight excluding hydrogens is 322 g/mol. The number of carbonyl (C=O) groups is 1. The topological polar surface area (TPSA) is 46.1 Å². The van der Waals surface area contributed by atoms with E-state index in [0.717, 1.165) is 34.3 Å². The Morgan fingerprint density at radius 3 is 2.96 bits per heavy atom. The first kappa shape index (κ1) is 15.1. The molecule has 1 aliphatic heterocycles. The lowest BCUT2D eigenvalue weighted by molar-refractivity contribution is -0.131. The molecule has 1 amide bonds. The number of rotatable bonds is 2. The maximum absolute atomic E-state index is 12.6. The Morgan fingerprint density at radius 2 is 2.08 bits per heavy atom. The lowest BCUT2D eigenvalue weighted by Crippen LogP contribution is -2.37. The second-order valence-electron chi connectivity index (χ2n) is 5.98. The molecule has 120 valence electrons. The monoisotopic (exact) mass is 337 g/mol. The molecule has 1 aliphatic rings. The zero-order valence-electron chi connectivity index (χ0n) is 13.1. The number of fused-ring (bicyclic) bond motifs is 2. The molecule has 0 atom stereocenters. The molecule has 0 bridgehead atoms. The summed E-state index contributed by atoms with van der Waals surface area (Å²) >= 11 is 6.17. The number of halogens is 1. The Kier molecular flexibility index (Phi) is 3.90. The van der Waals surface area contributed by atoms with E-state index in [4.69, 9.17) is 11.6 Å². The standard InChI is InChI=1S/C19H16ClN3O/c20-16-6-2-1-4-13(16)11-18(24)23-9-7-17-15(12-23)10-14-5-3-8-21-19(14)22-17/h1-6,8,10H,7,9,11-12H2. The van der Waals surface area contributed by atoms with Crippen LogP contribution in [0.3, 0.4) is 0 Å². The predicted octanol–water partition coefficient (Wildman–Crippen LogP) is 3.41. The minimum Gasteiger partial charge on any atom is -0.338 e. The number of aromatic nitrogens is 2. The molecule has 3 heterocycles. The van der Waals surface area contributed by atoms with E-state index < -0.39 is 0 Å². The Balaban J connectivity index is 1.56. The van der Waals surface area contributed by atoms with Gasteiger partial charge in [0.15, 0.2) is 5.65 Å². The maximum atomic E-state index is 12.6. The van der Waals surface area contributed by atoms with Gasteiger partial charge in [-0.1, -0.05) is 29.8 Å². The van der Waals surface area contributed by atoms with Gasteiger partial charge in [0, 0.05) is 41.8 Å². The van der Waals surface area contributed by atoms with Crippen LogP contribution in [0, 0.1) is 0 Å². The third kappa shape index (κ3) is 2.85. The molecular formula is C19H16ClN3O. The van der Waals surface area contributed by atoms with E-state index in [1.165, 1.54) is 0 Å². The zero-order valence-corrected chi connectivity index (χ0v) is 13.8. The Bertz CT molecular complexity index is 925. The van der Waals surface area contributed by atoms with Crippen molar-refractivity contribution < 1.29 is 4.79 Å². The van der Waals surface area contributed by atoms with Crippen LogP contribution < -0.4 is 0 Å². The predicted molar refractivity (Wildman–Crippen MR) is 93.8 cm³/mol. The van der Waals surface area contributed by atoms with Crippen molar-refractivity contribution in [3.63, 3.8) is 0 Å². The highest BCUT2D eigenvalue weighted by Gasteiger charge is 2.22. The van der Waals surface area contributed by atoms with Gasteiger partial charge in [-0.15, -0.1) is 0 Å². The molecule has 0 unspecified atom stereocenters. The van der Waals surface area contributed by atoms with E-state index in [1.807, 2.05) is 41.3 Å². The quantitative estimate of drug-likeness (QED) is 0.720. The van der Waals surface area contributed by atoms with E-state index in [9.17, 15) is 4.79 Å². The lowest BCUT2D eigenvalue weighted by atomic mass is 10.0. The van der Waals surface area contributed by atoms with Gasteiger partial charge in [-0.05, 0) is 35.4 Å². The van der Waals surface area contributed by atoms with Crippen molar-refractivity contribution in [2.24, 2.45) is 0 Å². The largest absolute Gasteiger partial charge is 0.338 e. The zero-order chi connectivity index (χ0) is 16.5. The van der Waals surface area contributed by atoms with Crippen LogP contribution in [0.25, 0.3) is 11.0 Å². The average Bonchev–Trinajstić information content (AvgIpc) is 2.61. The smallest absolute Gasteiger partial charge is 0.227 e. The van der Waals surface area contributed by atoms with E-state index >= 15 is 0 Å². The first-order valence-electron chi connectivity index (χ1n) is 7.95. The summed E-state index contributed by atoms with van der Waals surface area (Å²) < 4.78 is 0. The van der Waals surface area contributed by atoms with Gasteiger partial charge in [-0.2, -0.15) is 0 Å². The summed E-state index contributed by atoms with van der Waals surface area (Å²) in [5.41, 5.74) is 3.79. The van der Waals surface area contributed by atoms with Crippen molar-refractivity contribution in [2.45, 2.75) is 19.4 Å². The Hall–Kier alpha value is -2.46. The number of amides is 1. The average molecular weight is 338 g/mol. The van der Waals surface area contributed by atoms with Gasteiger partial charge in [0.1, 0.15) is 0 Å². The van der Waals surface area contributed by atoms with Crippen LogP contribution in [0.4, 0.5) is 0 Å².